The monoisotopic (exact) mass is 330 g/mol. The molecule has 0 amide bonds. The molecule has 6 heteroatoms. The van der Waals surface area contributed by atoms with Gasteiger partial charge in [-0.25, -0.2) is 4.99 Å². The molecular formula is C17H22N4OS. The lowest BCUT2D eigenvalue weighted by Crippen LogP contribution is -2.42. The first-order valence-corrected chi connectivity index (χ1v) is 8.67. The Morgan fingerprint density at radius 3 is 3.09 bits per heavy atom. The summed E-state index contributed by atoms with van der Waals surface area (Å²) in [5.74, 6) is 0.544. The maximum atomic E-state index is 10.2. The van der Waals surface area contributed by atoms with Gasteiger partial charge in [0, 0.05) is 18.8 Å². The zero-order valence-corrected chi connectivity index (χ0v) is 14.0. The van der Waals surface area contributed by atoms with Crippen LogP contribution in [-0.2, 0) is 6.42 Å². The second-order valence-electron chi connectivity index (χ2n) is 5.60. The summed E-state index contributed by atoms with van der Waals surface area (Å²) in [6.45, 7) is 1.62. The van der Waals surface area contributed by atoms with Gasteiger partial charge in [-0.1, -0.05) is 6.07 Å². The van der Waals surface area contributed by atoms with E-state index in [4.69, 9.17) is 5.73 Å². The number of hydrogen-bond donors (Lipinski definition) is 3. The van der Waals surface area contributed by atoms with Crippen LogP contribution in [0.4, 0.5) is 11.4 Å². The van der Waals surface area contributed by atoms with Gasteiger partial charge in [-0.3, -0.25) is 0 Å². The minimum Gasteiger partial charge on any atom is -0.383 e. The number of nitrogens with one attached hydrogen (secondary N) is 1. The molecule has 4 N–H and O–H groups in total. The fourth-order valence-corrected chi connectivity index (χ4v) is 3.47. The summed E-state index contributed by atoms with van der Waals surface area (Å²) in [6, 6.07) is 10.0. The van der Waals surface area contributed by atoms with Gasteiger partial charge in [0.15, 0.2) is 0 Å². The van der Waals surface area contributed by atoms with Crippen molar-refractivity contribution in [1.82, 2.24) is 5.32 Å². The minimum atomic E-state index is -0.415. The summed E-state index contributed by atoms with van der Waals surface area (Å²) in [7, 11) is 1.92. The first-order chi connectivity index (χ1) is 11.2. The molecule has 0 aliphatic carbocycles. The van der Waals surface area contributed by atoms with Gasteiger partial charge in [0.05, 0.1) is 10.6 Å². The standard InChI is InChI=1S/C17H22N4OS/c1-19-8-9-21-14-6-5-13(11-12(14)4-7-16(21)22)20-17(18)15-3-2-10-23-15/h2-3,5-6,10-11,16,19,22H,4,7-9H2,1H3,(H2,18,20). The summed E-state index contributed by atoms with van der Waals surface area (Å²) < 4.78 is 0. The Balaban J connectivity index is 1.86. The van der Waals surface area contributed by atoms with Crippen LogP contribution in [0.25, 0.3) is 0 Å². The molecule has 3 rings (SSSR count). The Kier molecular flexibility index (Phi) is 4.95. The van der Waals surface area contributed by atoms with Crippen molar-refractivity contribution in [3.63, 3.8) is 0 Å². The number of amidine groups is 1. The molecule has 2 aromatic rings. The van der Waals surface area contributed by atoms with Gasteiger partial charge in [0.2, 0.25) is 0 Å². The Morgan fingerprint density at radius 1 is 1.48 bits per heavy atom. The van der Waals surface area contributed by atoms with Crippen LogP contribution in [0.3, 0.4) is 0 Å². The number of likely N-dealkylation sites (N-methyl/N-ethyl adjacent to an activating group) is 1. The lowest BCUT2D eigenvalue weighted by atomic mass is 10.00. The quantitative estimate of drug-likeness (QED) is 0.580. The van der Waals surface area contributed by atoms with Crippen LogP contribution in [-0.4, -0.2) is 37.3 Å². The fourth-order valence-electron chi connectivity index (χ4n) is 2.84. The molecule has 0 saturated carbocycles. The highest BCUT2D eigenvalue weighted by Gasteiger charge is 2.24. The van der Waals surface area contributed by atoms with E-state index in [1.54, 1.807) is 11.3 Å². The molecule has 1 aliphatic rings. The van der Waals surface area contributed by atoms with Crippen LogP contribution >= 0.6 is 11.3 Å². The van der Waals surface area contributed by atoms with Crippen molar-refractivity contribution in [2.24, 2.45) is 10.7 Å². The number of nitrogens with zero attached hydrogens (tertiary/aromatic N) is 2. The van der Waals surface area contributed by atoms with Crippen LogP contribution in [0.15, 0.2) is 40.7 Å². The number of thiophene rings is 1. The van der Waals surface area contributed by atoms with Gasteiger partial charge in [0.1, 0.15) is 12.1 Å². The van der Waals surface area contributed by atoms with Gasteiger partial charge in [-0.05, 0) is 55.1 Å². The average molecular weight is 330 g/mol. The summed E-state index contributed by atoms with van der Waals surface area (Å²) in [4.78, 5) is 7.55. The van der Waals surface area contributed by atoms with Crippen molar-refractivity contribution in [1.29, 1.82) is 0 Å². The highest BCUT2D eigenvalue weighted by molar-refractivity contribution is 7.12. The number of aryl methyl sites for hydroxylation is 1. The zero-order chi connectivity index (χ0) is 16.2. The van der Waals surface area contributed by atoms with Crippen LogP contribution in [0.5, 0.6) is 0 Å². The van der Waals surface area contributed by atoms with Crippen molar-refractivity contribution < 1.29 is 5.11 Å². The molecule has 1 aromatic heterocycles. The van der Waals surface area contributed by atoms with E-state index in [-0.39, 0.29) is 0 Å². The number of aliphatic hydroxyl groups excluding tert-OH is 1. The predicted molar refractivity (Wildman–Crippen MR) is 96.7 cm³/mol. The van der Waals surface area contributed by atoms with Gasteiger partial charge in [-0.15, -0.1) is 11.3 Å². The summed E-state index contributed by atoms with van der Waals surface area (Å²) in [5, 5.41) is 15.4. The molecule has 2 heterocycles. The number of aliphatic hydroxyl groups is 1. The molecule has 23 heavy (non-hydrogen) atoms. The van der Waals surface area contributed by atoms with E-state index in [2.05, 4.69) is 16.4 Å². The third kappa shape index (κ3) is 3.55. The van der Waals surface area contributed by atoms with Crippen molar-refractivity contribution in [2.45, 2.75) is 19.1 Å². The number of benzene rings is 1. The number of fused-ring (bicyclic) bond motifs is 1. The molecule has 0 spiro atoms. The lowest BCUT2D eigenvalue weighted by molar-refractivity contribution is 0.153. The van der Waals surface area contributed by atoms with E-state index in [0.717, 1.165) is 42.2 Å². The third-order valence-corrected chi connectivity index (χ3v) is 4.92. The summed E-state index contributed by atoms with van der Waals surface area (Å²) in [5.41, 5.74) is 9.23. The molecule has 0 bridgehead atoms. The van der Waals surface area contributed by atoms with Gasteiger partial charge < -0.3 is 21.1 Å². The molecule has 5 nitrogen and oxygen atoms in total. The third-order valence-electron chi connectivity index (χ3n) is 4.03. The van der Waals surface area contributed by atoms with Crippen LogP contribution < -0.4 is 16.0 Å². The highest BCUT2D eigenvalue weighted by Crippen LogP contribution is 2.32. The van der Waals surface area contributed by atoms with Crippen molar-refractivity contribution in [3.05, 3.63) is 46.2 Å². The lowest BCUT2D eigenvalue weighted by Gasteiger charge is -2.36. The SMILES string of the molecule is CNCCN1c2ccc(N=C(N)c3cccs3)cc2CCC1O. The Bertz CT molecular complexity index is 684. The fraction of sp³-hybridized carbons (Fsp3) is 0.353. The van der Waals surface area contributed by atoms with Crippen LogP contribution in [0, 0.1) is 0 Å². The minimum absolute atomic E-state index is 0.415. The highest BCUT2D eigenvalue weighted by atomic mass is 32.1. The molecule has 1 unspecified atom stereocenters. The molecule has 1 aromatic carbocycles. The first kappa shape index (κ1) is 16.0. The maximum Gasteiger partial charge on any atom is 0.141 e. The largest absolute Gasteiger partial charge is 0.383 e. The molecule has 0 fully saturated rings. The van der Waals surface area contributed by atoms with Crippen molar-refractivity contribution >= 4 is 28.5 Å². The Hall–Kier alpha value is -1.89. The second-order valence-corrected chi connectivity index (χ2v) is 6.55. The number of nitrogens with two attached hydrogens (primary N) is 1. The van der Waals surface area contributed by atoms with Gasteiger partial charge in [0.25, 0.3) is 0 Å². The van der Waals surface area contributed by atoms with Crippen LogP contribution in [0.1, 0.15) is 16.9 Å². The van der Waals surface area contributed by atoms with E-state index in [1.165, 1.54) is 5.56 Å². The van der Waals surface area contributed by atoms with Crippen LogP contribution in [0.2, 0.25) is 0 Å². The van der Waals surface area contributed by atoms with E-state index >= 15 is 0 Å². The number of rotatable bonds is 5. The summed E-state index contributed by atoms with van der Waals surface area (Å²) in [6.07, 6.45) is 1.18. The number of anilines is 1. The van der Waals surface area contributed by atoms with Gasteiger partial charge >= 0.3 is 0 Å². The van der Waals surface area contributed by atoms with E-state index in [1.807, 2.05) is 41.6 Å². The molecule has 1 aliphatic heterocycles. The Labute approximate surface area is 140 Å². The zero-order valence-electron chi connectivity index (χ0n) is 13.2. The van der Waals surface area contributed by atoms with Gasteiger partial charge in [-0.2, -0.15) is 0 Å². The van der Waals surface area contributed by atoms with E-state index in [9.17, 15) is 5.11 Å². The number of hydrogen-bond acceptors (Lipinski definition) is 5. The maximum absolute atomic E-state index is 10.2. The smallest absolute Gasteiger partial charge is 0.141 e. The van der Waals surface area contributed by atoms with E-state index < -0.39 is 6.23 Å². The molecule has 1 atom stereocenters. The van der Waals surface area contributed by atoms with E-state index in [0.29, 0.717) is 5.84 Å². The summed E-state index contributed by atoms with van der Waals surface area (Å²) >= 11 is 1.58. The molecular weight excluding hydrogens is 308 g/mol. The average Bonchev–Trinajstić information content (AvgIpc) is 3.09. The first-order valence-electron chi connectivity index (χ1n) is 7.79. The van der Waals surface area contributed by atoms with Crippen molar-refractivity contribution in [3.8, 4) is 0 Å². The second kappa shape index (κ2) is 7.12. The molecule has 0 radical (unpaired) electrons. The Morgan fingerprint density at radius 2 is 2.35 bits per heavy atom. The molecule has 122 valence electrons. The normalized spacial score (nSPS) is 18.1. The van der Waals surface area contributed by atoms with Crippen molar-refractivity contribution in [2.75, 3.05) is 25.0 Å². The topological polar surface area (TPSA) is 73.9 Å². The predicted octanol–water partition coefficient (Wildman–Crippen LogP) is 2.08. The molecule has 0 saturated heterocycles. The number of aliphatic imine (C=N–C) groups is 1.